The van der Waals surface area contributed by atoms with Crippen molar-refractivity contribution in [3.05, 3.63) is 71.4 Å². The molecule has 4 aromatic rings. The molecule has 0 saturated carbocycles. The van der Waals surface area contributed by atoms with Crippen molar-refractivity contribution in [3.8, 4) is 5.75 Å². The van der Waals surface area contributed by atoms with E-state index in [4.69, 9.17) is 10.1 Å². The lowest BCUT2D eigenvalue weighted by molar-refractivity contribution is 0.0984. The first-order valence-electron chi connectivity index (χ1n) is 13.1. The molecule has 0 spiro atoms. The van der Waals surface area contributed by atoms with Crippen LogP contribution in [0.5, 0.6) is 5.75 Å². The van der Waals surface area contributed by atoms with E-state index in [1.165, 1.54) is 0 Å². The summed E-state index contributed by atoms with van der Waals surface area (Å²) in [5, 5.41) is 11.4. The SMILES string of the molecule is CC(=N)c1ccc2[nH]c(C(=O)N3C[C@@H](CBr)c4c3cc(OC(=O)N3CCN(C)CC3)c3ccccc43)cc2c1. The number of halogens is 1. The number of hydrogen-bond donors (Lipinski definition) is 2. The number of nitrogens with zero attached hydrogens (tertiary/aromatic N) is 3. The molecule has 2 aliphatic heterocycles. The third kappa shape index (κ3) is 4.59. The summed E-state index contributed by atoms with van der Waals surface area (Å²) in [5.41, 5.74) is 4.47. The van der Waals surface area contributed by atoms with Crippen molar-refractivity contribution >= 4 is 61.0 Å². The second kappa shape index (κ2) is 10.1. The number of ether oxygens (including phenoxy) is 1. The van der Waals surface area contributed by atoms with Gasteiger partial charge in [0.15, 0.2) is 0 Å². The number of piperazine rings is 1. The Bertz CT molecular complexity index is 1620. The van der Waals surface area contributed by atoms with Gasteiger partial charge in [-0.3, -0.25) is 4.79 Å². The third-order valence-corrected chi connectivity index (χ3v) is 8.58. The average molecular weight is 589 g/mol. The summed E-state index contributed by atoms with van der Waals surface area (Å²) in [6, 6.07) is 17.3. The number of hydrogen-bond acceptors (Lipinski definition) is 5. The number of aromatic nitrogens is 1. The Hall–Kier alpha value is -3.69. The minimum absolute atomic E-state index is 0.0905. The second-order valence-corrected chi connectivity index (χ2v) is 11.0. The molecule has 0 unspecified atom stereocenters. The zero-order chi connectivity index (χ0) is 27.3. The van der Waals surface area contributed by atoms with Gasteiger partial charge in [0.2, 0.25) is 0 Å². The van der Waals surface area contributed by atoms with Crippen LogP contribution in [0.4, 0.5) is 10.5 Å². The van der Waals surface area contributed by atoms with E-state index in [0.29, 0.717) is 42.1 Å². The van der Waals surface area contributed by atoms with Crippen LogP contribution in [0, 0.1) is 5.41 Å². The molecule has 1 aromatic heterocycles. The van der Waals surface area contributed by atoms with Gasteiger partial charge in [-0.05, 0) is 48.7 Å². The molecule has 0 radical (unpaired) electrons. The van der Waals surface area contributed by atoms with Crippen LogP contribution in [0.1, 0.15) is 34.5 Å². The van der Waals surface area contributed by atoms with E-state index in [9.17, 15) is 9.59 Å². The van der Waals surface area contributed by atoms with Crippen LogP contribution in [-0.2, 0) is 0 Å². The van der Waals surface area contributed by atoms with E-state index in [1.807, 2.05) is 61.6 Å². The van der Waals surface area contributed by atoms with Gasteiger partial charge in [-0.15, -0.1) is 0 Å². The number of carbonyl (C=O) groups is 2. The Morgan fingerprint density at radius 2 is 1.79 bits per heavy atom. The van der Waals surface area contributed by atoms with Gasteiger partial charge in [0.1, 0.15) is 11.4 Å². The van der Waals surface area contributed by atoms with Crippen LogP contribution in [-0.4, -0.2) is 77.6 Å². The van der Waals surface area contributed by atoms with E-state index >= 15 is 0 Å². The number of carbonyl (C=O) groups excluding carboxylic acids is 2. The van der Waals surface area contributed by atoms with E-state index in [1.54, 1.807) is 16.7 Å². The molecule has 9 heteroatoms. The Morgan fingerprint density at radius 3 is 2.51 bits per heavy atom. The van der Waals surface area contributed by atoms with Crippen molar-refractivity contribution in [3.63, 3.8) is 0 Å². The average Bonchev–Trinajstić information content (AvgIpc) is 3.54. The van der Waals surface area contributed by atoms with Crippen LogP contribution < -0.4 is 9.64 Å². The standard InChI is InChI=1S/C30H30BrN5O3/c1-18(32)19-7-8-24-20(13-19)14-25(33-24)29(37)36-17-21(16-31)28-23-6-4-3-5-22(23)27(15-26(28)36)39-30(38)35-11-9-34(2)10-12-35/h3-8,13-15,21,32-33H,9-12,16-17H2,1-2H3/t21-/m1/s1. The maximum absolute atomic E-state index is 13.9. The van der Waals surface area contributed by atoms with Gasteiger partial charge < -0.3 is 29.8 Å². The Labute approximate surface area is 235 Å². The number of aromatic amines is 1. The Morgan fingerprint density at radius 1 is 1.05 bits per heavy atom. The number of H-pyrrole nitrogens is 1. The molecule has 6 rings (SSSR count). The first-order chi connectivity index (χ1) is 18.8. The zero-order valence-electron chi connectivity index (χ0n) is 22.0. The highest BCUT2D eigenvalue weighted by atomic mass is 79.9. The monoisotopic (exact) mass is 587 g/mol. The zero-order valence-corrected chi connectivity index (χ0v) is 23.5. The first kappa shape index (κ1) is 25.6. The number of fused-ring (bicyclic) bond motifs is 4. The van der Waals surface area contributed by atoms with E-state index in [-0.39, 0.29) is 17.9 Å². The van der Waals surface area contributed by atoms with Gasteiger partial charge in [0.05, 0.1) is 5.69 Å². The number of nitrogens with one attached hydrogen (secondary N) is 2. The van der Waals surface area contributed by atoms with Crippen molar-refractivity contribution in [1.29, 1.82) is 5.41 Å². The van der Waals surface area contributed by atoms with Gasteiger partial charge in [-0.2, -0.15) is 0 Å². The minimum atomic E-state index is -0.367. The van der Waals surface area contributed by atoms with Crippen molar-refractivity contribution in [2.24, 2.45) is 0 Å². The molecule has 39 heavy (non-hydrogen) atoms. The van der Waals surface area contributed by atoms with Crippen LogP contribution >= 0.6 is 15.9 Å². The van der Waals surface area contributed by atoms with Crippen LogP contribution in [0.25, 0.3) is 21.7 Å². The summed E-state index contributed by atoms with van der Waals surface area (Å²) < 4.78 is 6.00. The fourth-order valence-corrected chi connectivity index (χ4v) is 6.12. The summed E-state index contributed by atoms with van der Waals surface area (Å²) >= 11 is 3.67. The molecule has 1 saturated heterocycles. The Kier molecular flexibility index (Phi) is 6.64. The van der Waals surface area contributed by atoms with Crippen LogP contribution in [0.2, 0.25) is 0 Å². The van der Waals surface area contributed by atoms with Gasteiger partial charge in [0, 0.05) is 72.0 Å². The number of alkyl halides is 1. The number of benzene rings is 3. The van der Waals surface area contributed by atoms with E-state index < -0.39 is 0 Å². The normalized spacial score (nSPS) is 17.6. The van der Waals surface area contributed by atoms with Crippen molar-refractivity contribution < 1.29 is 14.3 Å². The highest BCUT2D eigenvalue weighted by Crippen LogP contribution is 2.46. The molecule has 200 valence electrons. The fourth-order valence-electron chi connectivity index (χ4n) is 5.59. The molecular weight excluding hydrogens is 558 g/mol. The molecule has 0 aliphatic carbocycles. The predicted octanol–water partition coefficient (Wildman–Crippen LogP) is 5.59. The molecule has 3 aromatic carbocycles. The predicted molar refractivity (Wildman–Crippen MR) is 158 cm³/mol. The largest absolute Gasteiger partial charge is 0.415 e. The summed E-state index contributed by atoms with van der Waals surface area (Å²) in [4.78, 5) is 36.0. The van der Waals surface area contributed by atoms with Crippen molar-refractivity contribution in [2.75, 3.05) is 50.0 Å². The third-order valence-electron chi connectivity index (χ3n) is 7.80. The number of likely N-dealkylation sites (N-methyl/N-ethyl adjacent to an activating group) is 1. The molecule has 2 aliphatic rings. The summed E-state index contributed by atoms with van der Waals surface area (Å²) in [7, 11) is 2.05. The molecule has 1 fully saturated rings. The molecule has 2 amide bonds. The minimum Gasteiger partial charge on any atom is -0.409 e. The quantitative estimate of drug-likeness (QED) is 0.240. The van der Waals surface area contributed by atoms with Gasteiger partial charge >= 0.3 is 6.09 Å². The lowest BCUT2D eigenvalue weighted by atomic mass is 9.95. The maximum Gasteiger partial charge on any atom is 0.415 e. The molecule has 3 heterocycles. The van der Waals surface area contributed by atoms with Crippen LogP contribution in [0.3, 0.4) is 0 Å². The molecule has 0 bridgehead atoms. The van der Waals surface area contributed by atoms with Gasteiger partial charge in [0.25, 0.3) is 5.91 Å². The fraction of sp³-hybridized carbons (Fsp3) is 0.300. The van der Waals surface area contributed by atoms with Crippen molar-refractivity contribution in [2.45, 2.75) is 12.8 Å². The lowest BCUT2D eigenvalue weighted by Gasteiger charge is -2.31. The highest BCUT2D eigenvalue weighted by molar-refractivity contribution is 9.09. The molecular formula is C30H30BrN5O3. The lowest BCUT2D eigenvalue weighted by Crippen LogP contribution is -2.48. The van der Waals surface area contributed by atoms with Gasteiger partial charge in [-0.25, -0.2) is 4.79 Å². The first-order valence-corrected chi connectivity index (χ1v) is 14.2. The smallest absolute Gasteiger partial charge is 0.409 e. The van der Waals surface area contributed by atoms with E-state index in [2.05, 4.69) is 25.8 Å². The second-order valence-electron chi connectivity index (χ2n) is 10.4. The number of amides is 2. The molecule has 8 nitrogen and oxygen atoms in total. The summed E-state index contributed by atoms with van der Waals surface area (Å²) in [5.74, 6) is 0.410. The number of anilines is 1. The van der Waals surface area contributed by atoms with Crippen LogP contribution in [0.15, 0.2) is 54.6 Å². The van der Waals surface area contributed by atoms with E-state index in [0.717, 1.165) is 51.6 Å². The highest BCUT2D eigenvalue weighted by Gasteiger charge is 2.36. The van der Waals surface area contributed by atoms with Gasteiger partial charge in [-0.1, -0.05) is 46.3 Å². The molecule has 1 atom stereocenters. The molecule has 2 N–H and O–H groups in total. The maximum atomic E-state index is 13.9. The summed E-state index contributed by atoms with van der Waals surface area (Å²) in [6.07, 6.45) is -0.367. The summed E-state index contributed by atoms with van der Waals surface area (Å²) in [6.45, 7) is 5.11. The van der Waals surface area contributed by atoms with Crippen molar-refractivity contribution in [1.82, 2.24) is 14.8 Å². The Balaban J connectivity index is 1.39. The topological polar surface area (TPSA) is 92.7 Å². The number of rotatable bonds is 4.